The molecule has 0 unspecified atom stereocenters. The number of esters is 1. The van der Waals surface area contributed by atoms with E-state index in [0.717, 1.165) is 12.1 Å². The molecule has 1 aromatic rings. The van der Waals surface area contributed by atoms with Gasteiger partial charge in [-0.3, -0.25) is 4.79 Å². The maximum Gasteiger partial charge on any atom is 0.307 e. The predicted molar refractivity (Wildman–Crippen MR) is 59.5 cm³/mol. The summed E-state index contributed by atoms with van der Waals surface area (Å²) in [5, 5.41) is -0.235. The molecule has 0 heterocycles. The van der Waals surface area contributed by atoms with Gasteiger partial charge in [-0.1, -0.05) is 11.6 Å². The van der Waals surface area contributed by atoms with Gasteiger partial charge in [0.05, 0.1) is 18.1 Å². The average molecular weight is 264 g/mol. The maximum atomic E-state index is 13.5. The predicted octanol–water partition coefficient (Wildman–Crippen LogP) is 2.57. The van der Waals surface area contributed by atoms with Gasteiger partial charge in [-0.25, -0.2) is 8.78 Å². The second-order valence-electron chi connectivity index (χ2n) is 3.37. The molecule has 0 aromatic heterocycles. The molecule has 1 atom stereocenters. The van der Waals surface area contributed by atoms with Crippen LogP contribution in [0.25, 0.3) is 0 Å². The molecule has 0 saturated heterocycles. The van der Waals surface area contributed by atoms with Crippen molar-refractivity contribution >= 4 is 17.6 Å². The summed E-state index contributed by atoms with van der Waals surface area (Å²) in [6.07, 6.45) is -0.304. The summed E-state index contributed by atoms with van der Waals surface area (Å²) in [5.74, 6) is -2.38. The molecule has 17 heavy (non-hydrogen) atoms. The Labute approximate surface area is 103 Å². The lowest BCUT2D eigenvalue weighted by Crippen LogP contribution is -2.20. The van der Waals surface area contributed by atoms with E-state index in [-0.39, 0.29) is 18.1 Å². The van der Waals surface area contributed by atoms with E-state index in [2.05, 4.69) is 4.74 Å². The maximum absolute atomic E-state index is 13.5. The van der Waals surface area contributed by atoms with Crippen LogP contribution in [0.4, 0.5) is 8.78 Å². The van der Waals surface area contributed by atoms with E-state index in [4.69, 9.17) is 17.3 Å². The lowest BCUT2D eigenvalue weighted by atomic mass is 10.0. The Morgan fingerprint density at radius 2 is 2.18 bits per heavy atom. The van der Waals surface area contributed by atoms with Gasteiger partial charge in [0.1, 0.15) is 11.6 Å². The molecule has 2 N–H and O–H groups in total. The quantitative estimate of drug-likeness (QED) is 0.671. The summed E-state index contributed by atoms with van der Waals surface area (Å²) in [5.41, 5.74) is 5.16. The van der Waals surface area contributed by atoms with E-state index in [0.29, 0.717) is 0 Å². The smallest absolute Gasteiger partial charge is 0.307 e. The molecule has 0 fully saturated rings. The Hall–Kier alpha value is -1.20. The average Bonchev–Trinajstić information content (AvgIpc) is 2.24. The zero-order chi connectivity index (χ0) is 13.0. The van der Waals surface area contributed by atoms with Gasteiger partial charge < -0.3 is 10.5 Å². The molecule has 6 heteroatoms. The van der Waals surface area contributed by atoms with E-state index in [1.807, 2.05) is 0 Å². The normalized spacial score (nSPS) is 12.3. The summed E-state index contributed by atoms with van der Waals surface area (Å²) in [7, 11) is 0. The monoisotopic (exact) mass is 263 g/mol. The number of hydrogen-bond acceptors (Lipinski definition) is 3. The Morgan fingerprint density at radius 3 is 2.76 bits per heavy atom. The highest BCUT2D eigenvalue weighted by atomic mass is 35.5. The fourth-order valence-electron chi connectivity index (χ4n) is 1.38. The topological polar surface area (TPSA) is 52.3 Å². The number of rotatable bonds is 4. The Bertz CT molecular complexity index is 426. The lowest BCUT2D eigenvalue weighted by Gasteiger charge is -2.13. The minimum atomic E-state index is -1.12. The number of nitrogens with two attached hydrogens (primary N) is 1. The molecule has 0 amide bonds. The third-order valence-electron chi connectivity index (χ3n) is 2.14. The van der Waals surface area contributed by atoms with Crippen LogP contribution in [0, 0.1) is 11.6 Å². The van der Waals surface area contributed by atoms with Crippen molar-refractivity contribution < 1.29 is 18.3 Å². The van der Waals surface area contributed by atoms with E-state index in [1.165, 1.54) is 0 Å². The van der Waals surface area contributed by atoms with E-state index in [9.17, 15) is 13.6 Å². The summed E-state index contributed by atoms with van der Waals surface area (Å²) in [6, 6.07) is 0.978. The van der Waals surface area contributed by atoms with Crippen molar-refractivity contribution in [2.24, 2.45) is 5.73 Å². The first-order chi connectivity index (χ1) is 7.97. The molecule has 0 aliphatic carbocycles. The summed E-state index contributed by atoms with van der Waals surface area (Å²) < 4.78 is 31.6. The minimum Gasteiger partial charge on any atom is -0.466 e. The summed E-state index contributed by atoms with van der Waals surface area (Å²) in [6.45, 7) is 1.82. The SMILES string of the molecule is CCOC(=O)C[C@@H](N)c1c(F)ccc(Cl)c1F. The van der Waals surface area contributed by atoms with Crippen LogP contribution >= 0.6 is 11.6 Å². The van der Waals surface area contributed by atoms with Gasteiger partial charge in [0.2, 0.25) is 0 Å². The first-order valence-corrected chi connectivity index (χ1v) is 5.39. The van der Waals surface area contributed by atoms with Crippen LogP contribution in [0.2, 0.25) is 5.02 Å². The molecule has 0 bridgehead atoms. The number of carbonyl (C=O) groups excluding carboxylic acids is 1. The largest absolute Gasteiger partial charge is 0.466 e. The molecule has 0 spiro atoms. The molecule has 0 radical (unpaired) electrons. The molecule has 1 rings (SSSR count). The number of benzene rings is 1. The van der Waals surface area contributed by atoms with Crippen LogP contribution < -0.4 is 5.73 Å². The highest BCUT2D eigenvalue weighted by Crippen LogP contribution is 2.26. The Morgan fingerprint density at radius 1 is 1.53 bits per heavy atom. The Kier molecular flexibility index (Phi) is 4.84. The highest BCUT2D eigenvalue weighted by molar-refractivity contribution is 6.30. The van der Waals surface area contributed by atoms with Crippen LogP contribution in [0.5, 0.6) is 0 Å². The molecular weight excluding hydrogens is 252 g/mol. The van der Waals surface area contributed by atoms with Crippen molar-refractivity contribution in [1.29, 1.82) is 0 Å². The van der Waals surface area contributed by atoms with Crippen molar-refractivity contribution in [1.82, 2.24) is 0 Å². The molecule has 0 saturated carbocycles. The number of halogens is 3. The van der Waals surface area contributed by atoms with Crippen molar-refractivity contribution in [3.05, 3.63) is 34.4 Å². The third-order valence-corrected chi connectivity index (χ3v) is 2.43. The van der Waals surface area contributed by atoms with E-state index >= 15 is 0 Å². The van der Waals surface area contributed by atoms with Gasteiger partial charge in [-0.2, -0.15) is 0 Å². The molecule has 0 aliphatic heterocycles. The fourth-order valence-corrected chi connectivity index (χ4v) is 1.55. The van der Waals surface area contributed by atoms with Crippen LogP contribution in [-0.2, 0) is 9.53 Å². The molecule has 3 nitrogen and oxygen atoms in total. The van der Waals surface area contributed by atoms with Gasteiger partial charge in [-0.05, 0) is 19.1 Å². The lowest BCUT2D eigenvalue weighted by molar-refractivity contribution is -0.143. The molecule has 94 valence electrons. The van der Waals surface area contributed by atoms with Crippen LogP contribution in [-0.4, -0.2) is 12.6 Å². The zero-order valence-electron chi connectivity index (χ0n) is 9.17. The standard InChI is InChI=1S/C11H12ClF2NO2/c1-2-17-9(16)5-8(15)10-7(13)4-3-6(12)11(10)14/h3-4,8H,2,5,15H2,1H3/t8-/m1/s1. The second-order valence-corrected chi connectivity index (χ2v) is 3.78. The second kappa shape index (κ2) is 5.93. The van der Waals surface area contributed by atoms with Crippen molar-refractivity contribution in [2.75, 3.05) is 6.61 Å². The third kappa shape index (κ3) is 3.38. The van der Waals surface area contributed by atoms with Crippen LogP contribution in [0.3, 0.4) is 0 Å². The number of carbonyl (C=O) groups is 1. The van der Waals surface area contributed by atoms with Crippen molar-refractivity contribution in [3.63, 3.8) is 0 Å². The van der Waals surface area contributed by atoms with E-state index < -0.39 is 29.2 Å². The fraction of sp³-hybridized carbons (Fsp3) is 0.364. The van der Waals surface area contributed by atoms with Gasteiger partial charge >= 0.3 is 5.97 Å². The zero-order valence-corrected chi connectivity index (χ0v) is 9.93. The summed E-state index contributed by atoms with van der Waals surface area (Å²) in [4.78, 5) is 11.2. The van der Waals surface area contributed by atoms with Crippen molar-refractivity contribution in [3.8, 4) is 0 Å². The van der Waals surface area contributed by atoms with Gasteiger partial charge in [0.15, 0.2) is 0 Å². The van der Waals surface area contributed by atoms with Gasteiger partial charge in [-0.15, -0.1) is 0 Å². The Balaban J connectivity index is 2.92. The highest BCUT2D eigenvalue weighted by Gasteiger charge is 2.21. The van der Waals surface area contributed by atoms with Crippen molar-refractivity contribution in [2.45, 2.75) is 19.4 Å². The number of hydrogen-bond donors (Lipinski definition) is 1. The molecule has 0 aliphatic rings. The van der Waals surface area contributed by atoms with Crippen LogP contribution in [0.1, 0.15) is 24.9 Å². The van der Waals surface area contributed by atoms with E-state index in [1.54, 1.807) is 6.92 Å². The number of ether oxygens (including phenoxy) is 1. The minimum absolute atomic E-state index is 0.187. The van der Waals surface area contributed by atoms with Gasteiger partial charge in [0, 0.05) is 11.6 Å². The molecular formula is C11H12ClF2NO2. The molecule has 1 aromatic carbocycles. The first kappa shape index (κ1) is 13.9. The van der Waals surface area contributed by atoms with Crippen LogP contribution in [0.15, 0.2) is 12.1 Å². The first-order valence-electron chi connectivity index (χ1n) is 5.02. The van der Waals surface area contributed by atoms with Gasteiger partial charge in [0.25, 0.3) is 0 Å². The summed E-state index contributed by atoms with van der Waals surface area (Å²) >= 11 is 5.51.